The van der Waals surface area contributed by atoms with Gasteiger partial charge in [0.05, 0.1) is 24.0 Å². The lowest BCUT2D eigenvalue weighted by molar-refractivity contribution is -0.168. The van der Waals surface area contributed by atoms with Crippen LogP contribution in [0, 0.1) is 5.41 Å². The molecule has 0 unspecified atom stereocenters. The first-order valence-electron chi connectivity index (χ1n) is 10.2. The van der Waals surface area contributed by atoms with Crippen LogP contribution in [0.4, 0.5) is 0 Å². The molecule has 1 aromatic rings. The van der Waals surface area contributed by atoms with Crippen molar-refractivity contribution in [1.82, 2.24) is 4.90 Å². The number of hydrogen-bond donors (Lipinski definition) is 2. The monoisotopic (exact) mass is 389 g/mol. The molecular weight excluding hydrogens is 358 g/mol. The third-order valence-electron chi connectivity index (χ3n) is 6.78. The second kappa shape index (κ2) is 8.11. The summed E-state index contributed by atoms with van der Waals surface area (Å²) < 4.78 is 5.24. The predicted molar refractivity (Wildman–Crippen MR) is 105 cm³/mol. The van der Waals surface area contributed by atoms with Gasteiger partial charge in [0, 0.05) is 13.1 Å². The summed E-state index contributed by atoms with van der Waals surface area (Å²) in [6, 6.07) is 7.68. The van der Waals surface area contributed by atoms with Gasteiger partial charge >= 0.3 is 5.97 Å². The molecule has 2 atom stereocenters. The van der Waals surface area contributed by atoms with Crippen LogP contribution in [0.25, 0.3) is 0 Å². The van der Waals surface area contributed by atoms with Gasteiger partial charge in [-0.3, -0.25) is 9.59 Å². The molecule has 1 saturated carbocycles. The zero-order valence-corrected chi connectivity index (χ0v) is 16.8. The molecule has 1 heterocycles. The Balaban J connectivity index is 1.84. The van der Waals surface area contributed by atoms with Crippen LogP contribution in [0.1, 0.15) is 57.4 Å². The molecule has 2 fully saturated rings. The summed E-state index contributed by atoms with van der Waals surface area (Å²) in [6.45, 7) is 2.38. The lowest BCUT2D eigenvalue weighted by atomic mass is 9.71. The lowest BCUT2D eigenvalue weighted by Gasteiger charge is -2.45. The highest BCUT2D eigenvalue weighted by atomic mass is 16.5. The van der Waals surface area contributed by atoms with Crippen molar-refractivity contribution < 1.29 is 24.5 Å². The molecular formula is C22H31NO5. The van der Waals surface area contributed by atoms with E-state index in [2.05, 4.69) is 0 Å². The normalized spacial score (nSPS) is 26.8. The van der Waals surface area contributed by atoms with Crippen molar-refractivity contribution in [1.29, 1.82) is 0 Å². The summed E-state index contributed by atoms with van der Waals surface area (Å²) in [4.78, 5) is 27.2. The number of aliphatic hydroxyl groups is 1. The largest absolute Gasteiger partial charge is 0.497 e. The molecule has 3 rings (SSSR count). The quantitative estimate of drug-likeness (QED) is 0.781. The Bertz CT molecular complexity index is 710. The zero-order valence-electron chi connectivity index (χ0n) is 16.8. The van der Waals surface area contributed by atoms with Gasteiger partial charge in [0.2, 0.25) is 5.91 Å². The summed E-state index contributed by atoms with van der Waals surface area (Å²) in [5, 5.41) is 20.4. The van der Waals surface area contributed by atoms with Crippen LogP contribution in [0.3, 0.4) is 0 Å². The number of methoxy groups -OCH3 is 1. The number of carbonyl (C=O) groups excluding carboxylic acids is 1. The summed E-state index contributed by atoms with van der Waals surface area (Å²) in [7, 11) is 1.62. The molecule has 1 aliphatic carbocycles. The number of aliphatic carboxylic acids is 1. The van der Waals surface area contributed by atoms with Crippen LogP contribution in [0.5, 0.6) is 5.75 Å². The maximum absolute atomic E-state index is 13.6. The Labute approximate surface area is 166 Å². The molecule has 0 spiro atoms. The van der Waals surface area contributed by atoms with E-state index in [1.165, 1.54) is 0 Å². The maximum atomic E-state index is 13.6. The van der Waals surface area contributed by atoms with Crippen molar-refractivity contribution in [2.75, 3.05) is 20.2 Å². The molecule has 1 saturated heterocycles. The average Bonchev–Trinajstić information content (AvgIpc) is 3.20. The molecule has 0 radical (unpaired) electrons. The number of likely N-dealkylation sites (tertiary alicyclic amines) is 1. The van der Waals surface area contributed by atoms with Crippen molar-refractivity contribution in [2.24, 2.45) is 5.41 Å². The smallest absolute Gasteiger partial charge is 0.312 e. The topological polar surface area (TPSA) is 87.1 Å². The van der Waals surface area contributed by atoms with Crippen molar-refractivity contribution in [3.8, 4) is 5.75 Å². The summed E-state index contributed by atoms with van der Waals surface area (Å²) in [6.07, 6.45) is 3.90. The Hall–Kier alpha value is -2.08. The highest BCUT2D eigenvalue weighted by Gasteiger charge is 2.52. The number of carbonyl (C=O) groups is 2. The summed E-state index contributed by atoms with van der Waals surface area (Å²) in [5.41, 5.74) is -0.747. The standard InChI is InChI=1S/C22H31NO5/c1-3-10-22(20(26)27)13-14-23(15-18(22)24)19(25)21(11-4-5-12-21)16-6-8-17(28-2)9-7-16/h6-9,18,24H,3-5,10-15H2,1-2H3,(H,26,27)/t18-,22+/m1/s1. The van der Waals surface area contributed by atoms with Gasteiger partial charge < -0.3 is 19.8 Å². The number of benzene rings is 1. The van der Waals surface area contributed by atoms with Crippen LogP contribution < -0.4 is 4.74 Å². The molecule has 1 amide bonds. The number of nitrogens with zero attached hydrogens (tertiary/aromatic N) is 1. The van der Waals surface area contributed by atoms with Gasteiger partial charge in [-0.2, -0.15) is 0 Å². The van der Waals surface area contributed by atoms with E-state index in [9.17, 15) is 19.8 Å². The van der Waals surface area contributed by atoms with Gasteiger partial charge in [0.15, 0.2) is 0 Å². The minimum Gasteiger partial charge on any atom is -0.497 e. The van der Waals surface area contributed by atoms with Gasteiger partial charge in [-0.15, -0.1) is 0 Å². The first kappa shape index (κ1) is 20.6. The van der Waals surface area contributed by atoms with Gasteiger partial charge in [-0.1, -0.05) is 38.3 Å². The zero-order chi connectivity index (χ0) is 20.4. The highest BCUT2D eigenvalue weighted by molar-refractivity contribution is 5.89. The second-order valence-electron chi connectivity index (χ2n) is 8.25. The molecule has 6 nitrogen and oxygen atoms in total. The fraction of sp³-hybridized carbons (Fsp3) is 0.636. The van der Waals surface area contributed by atoms with Crippen LogP contribution in [0.15, 0.2) is 24.3 Å². The van der Waals surface area contributed by atoms with Crippen molar-refractivity contribution in [3.05, 3.63) is 29.8 Å². The van der Waals surface area contributed by atoms with Gasteiger partial charge in [0.25, 0.3) is 0 Å². The van der Waals surface area contributed by atoms with Gasteiger partial charge in [-0.05, 0) is 43.4 Å². The number of piperidine rings is 1. The predicted octanol–water partition coefficient (Wildman–Crippen LogP) is 2.97. The minimum atomic E-state index is -1.14. The van der Waals surface area contributed by atoms with E-state index in [4.69, 9.17) is 4.74 Å². The Morgan fingerprint density at radius 2 is 1.82 bits per heavy atom. The van der Waals surface area contributed by atoms with E-state index >= 15 is 0 Å². The van der Waals surface area contributed by atoms with E-state index < -0.39 is 22.9 Å². The highest BCUT2D eigenvalue weighted by Crippen LogP contribution is 2.45. The molecule has 0 bridgehead atoms. The van der Waals surface area contributed by atoms with E-state index in [-0.39, 0.29) is 12.5 Å². The van der Waals surface area contributed by atoms with Crippen molar-refractivity contribution >= 4 is 11.9 Å². The number of rotatable bonds is 6. The number of hydrogen-bond acceptors (Lipinski definition) is 4. The molecule has 154 valence electrons. The van der Waals surface area contributed by atoms with E-state index in [0.29, 0.717) is 25.8 Å². The molecule has 1 aromatic carbocycles. The Morgan fingerprint density at radius 1 is 1.18 bits per heavy atom. The van der Waals surface area contributed by atoms with Crippen molar-refractivity contribution in [2.45, 2.75) is 63.4 Å². The van der Waals surface area contributed by atoms with Gasteiger partial charge in [-0.25, -0.2) is 0 Å². The number of carboxylic acid groups (broad SMARTS) is 1. The third kappa shape index (κ3) is 3.39. The fourth-order valence-corrected chi connectivity index (χ4v) is 5.07. The number of ether oxygens (including phenoxy) is 1. The first-order chi connectivity index (χ1) is 13.4. The van der Waals surface area contributed by atoms with E-state index in [1.54, 1.807) is 12.0 Å². The summed E-state index contributed by atoms with van der Waals surface area (Å²) in [5.74, 6) is -0.187. The Kier molecular flexibility index (Phi) is 5.98. The Morgan fingerprint density at radius 3 is 2.32 bits per heavy atom. The number of carboxylic acids is 1. The molecule has 2 aliphatic rings. The third-order valence-corrected chi connectivity index (χ3v) is 6.78. The van der Waals surface area contributed by atoms with E-state index in [1.807, 2.05) is 31.2 Å². The number of aliphatic hydroxyl groups excluding tert-OH is 1. The minimum absolute atomic E-state index is 0.0182. The van der Waals surface area contributed by atoms with Crippen LogP contribution in [-0.4, -0.2) is 53.3 Å². The van der Waals surface area contributed by atoms with E-state index in [0.717, 1.165) is 37.0 Å². The molecule has 2 N–H and O–H groups in total. The van der Waals surface area contributed by atoms with Crippen LogP contribution in [-0.2, 0) is 15.0 Å². The van der Waals surface area contributed by atoms with Crippen LogP contribution >= 0.6 is 0 Å². The molecule has 28 heavy (non-hydrogen) atoms. The first-order valence-corrected chi connectivity index (χ1v) is 10.2. The second-order valence-corrected chi connectivity index (χ2v) is 8.25. The lowest BCUT2D eigenvalue weighted by Crippen LogP contribution is -2.58. The number of β-amino-alcohol motifs (C(OH)–C–C–N with tert-alkyl or cyclic N) is 1. The van der Waals surface area contributed by atoms with Crippen LogP contribution in [0.2, 0.25) is 0 Å². The van der Waals surface area contributed by atoms with Gasteiger partial charge in [0.1, 0.15) is 5.75 Å². The maximum Gasteiger partial charge on any atom is 0.312 e. The molecule has 0 aromatic heterocycles. The average molecular weight is 389 g/mol. The molecule has 6 heteroatoms. The number of amides is 1. The summed E-state index contributed by atoms with van der Waals surface area (Å²) >= 11 is 0. The fourth-order valence-electron chi connectivity index (χ4n) is 5.07. The SMILES string of the molecule is CCC[C@]1(C(=O)O)CCN(C(=O)C2(c3ccc(OC)cc3)CCCC2)C[C@H]1O. The van der Waals surface area contributed by atoms with Crippen molar-refractivity contribution in [3.63, 3.8) is 0 Å². The molecule has 1 aliphatic heterocycles.